The van der Waals surface area contributed by atoms with Crippen molar-refractivity contribution in [3.8, 4) is 11.5 Å². The monoisotopic (exact) mass is 382 g/mol. The summed E-state index contributed by atoms with van der Waals surface area (Å²) in [6, 6.07) is 11.1. The molecular formula is C20H18N2O6. The molecule has 1 heterocycles. The Morgan fingerprint density at radius 1 is 1.25 bits per heavy atom. The number of phenols is 1. The molecular weight excluding hydrogens is 364 g/mol. The summed E-state index contributed by atoms with van der Waals surface area (Å²) in [7, 11) is 0. The second-order valence-corrected chi connectivity index (χ2v) is 6.08. The molecule has 0 aliphatic carbocycles. The van der Waals surface area contributed by atoms with E-state index in [9.17, 15) is 20.0 Å². The standard InChI is InChI=1S/C20H18N2O6/c1-2-3-11-27-15-9-7-13(8-10-15)18-16(20(24)28-21-18)12-14-5-4-6-17(19(14)23)22(25)26/h4-10,12,23H,2-3,11H2,1H3. The van der Waals surface area contributed by atoms with Crippen LogP contribution in [0.15, 0.2) is 53.2 Å². The Bertz CT molecular complexity index is 963. The number of nitrogens with zero attached hydrogens (tertiary/aromatic N) is 2. The molecule has 8 heteroatoms. The van der Waals surface area contributed by atoms with Gasteiger partial charge in [-0.1, -0.05) is 30.6 Å². The molecule has 0 aromatic heterocycles. The highest BCUT2D eigenvalue weighted by Gasteiger charge is 2.28. The minimum Gasteiger partial charge on any atom is -0.502 e. The Hall–Kier alpha value is -3.68. The predicted molar refractivity (Wildman–Crippen MR) is 102 cm³/mol. The summed E-state index contributed by atoms with van der Waals surface area (Å²) in [5.74, 6) is -0.534. The molecule has 3 rings (SSSR count). The van der Waals surface area contributed by atoms with Gasteiger partial charge < -0.3 is 14.7 Å². The summed E-state index contributed by atoms with van der Waals surface area (Å²) >= 11 is 0. The highest BCUT2D eigenvalue weighted by molar-refractivity contribution is 6.31. The van der Waals surface area contributed by atoms with E-state index in [0.717, 1.165) is 12.8 Å². The van der Waals surface area contributed by atoms with Crippen LogP contribution in [0.2, 0.25) is 0 Å². The molecule has 0 spiro atoms. The van der Waals surface area contributed by atoms with E-state index >= 15 is 0 Å². The zero-order valence-electron chi connectivity index (χ0n) is 15.1. The number of para-hydroxylation sites is 1. The fourth-order valence-electron chi connectivity index (χ4n) is 2.63. The molecule has 144 valence electrons. The Morgan fingerprint density at radius 2 is 2.00 bits per heavy atom. The van der Waals surface area contributed by atoms with Crippen LogP contribution in [0.4, 0.5) is 5.69 Å². The number of ether oxygens (including phenoxy) is 1. The predicted octanol–water partition coefficient (Wildman–Crippen LogP) is 3.82. The van der Waals surface area contributed by atoms with Crippen molar-refractivity contribution in [2.45, 2.75) is 19.8 Å². The molecule has 1 aliphatic heterocycles. The summed E-state index contributed by atoms with van der Waals surface area (Å²) in [6.45, 7) is 2.70. The molecule has 0 bridgehead atoms. The molecule has 0 radical (unpaired) electrons. The minimum absolute atomic E-state index is 0.0930. The van der Waals surface area contributed by atoms with Gasteiger partial charge in [0.15, 0.2) is 0 Å². The zero-order chi connectivity index (χ0) is 20.1. The van der Waals surface area contributed by atoms with Gasteiger partial charge in [0.1, 0.15) is 11.5 Å². The van der Waals surface area contributed by atoms with E-state index in [0.29, 0.717) is 17.9 Å². The average molecular weight is 382 g/mol. The fourth-order valence-corrected chi connectivity index (χ4v) is 2.63. The molecule has 0 atom stereocenters. The van der Waals surface area contributed by atoms with Crippen molar-refractivity contribution in [2.24, 2.45) is 5.16 Å². The lowest BCUT2D eigenvalue weighted by atomic mass is 10.00. The van der Waals surface area contributed by atoms with Crippen molar-refractivity contribution in [1.82, 2.24) is 0 Å². The van der Waals surface area contributed by atoms with Gasteiger partial charge in [0, 0.05) is 17.2 Å². The summed E-state index contributed by atoms with van der Waals surface area (Å²) in [4.78, 5) is 27.1. The van der Waals surface area contributed by atoms with Gasteiger partial charge in [0.2, 0.25) is 5.75 Å². The highest BCUT2D eigenvalue weighted by atomic mass is 16.7. The molecule has 0 saturated carbocycles. The lowest BCUT2D eigenvalue weighted by Crippen LogP contribution is -2.07. The first kappa shape index (κ1) is 19.1. The molecule has 2 aromatic carbocycles. The number of nitro benzene ring substituents is 1. The van der Waals surface area contributed by atoms with Crippen LogP contribution >= 0.6 is 0 Å². The van der Waals surface area contributed by atoms with Gasteiger partial charge in [0.05, 0.1) is 17.1 Å². The number of phenolic OH excluding ortho intramolecular Hbond substituents is 1. The van der Waals surface area contributed by atoms with Gasteiger partial charge in [-0.2, -0.15) is 0 Å². The summed E-state index contributed by atoms with van der Waals surface area (Å²) < 4.78 is 5.61. The number of unbranched alkanes of at least 4 members (excludes halogenated alkanes) is 1. The first-order chi connectivity index (χ1) is 13.5. The smallest absolute Gasteiger partial charge is 0.368 e. The zero-order valence-corrected chi connectivity index (χ0v) is 15.1. The first-order valence-corrected chi connectivity index (χ1v) is 8.72. The van der Waals surface area contributed by atoms with E-state index in [-0.39, 0.29) is 16.8 Å². The molecule has 0 amide bonds. The lowest BCUT2D eigenvalue weighted by Gasteiger charge is -2.06. The van der Waals surface area contributed by atoms with Crippen LogP contribution in [0.1, 0.15) is 30.9 Å². The van der Waals surface area contributed by atoms with Crippen molar-refractivity contribution in [2.75, 3.05) is 6.61 Å². The largest absolute Gasteiger partial charge is 0.502 e. The number of carbonyl (C=O) groups is 1. The third-order valence-electron chi connectivity index (χ3n) is 4.13. The molecule has 1 aliphatic rings. The quantitative estimate of drug-likeness (QED) is 0.256. The first-order valence-electron chi connectivity index (χ1n) is 8.72. The summed E-state index contributed by atoms with van der Waals surface area (Å²) in [6.07, 6.45) is 3.31. The van der Waals surface area contributed by atoms with E-state index in [1.165, 1.54) is 24.3 Å². The van der Waals surface area contributed by atoms with E-state index in [1.54, 1.807) is 24.3 Å². The number of carbonyl (C=O) groups excluding carboxylic acids is 1. The molecule has 0 unspecified atom stereocenters. The van der Waals surface area contributed by atoms with E-state index < -0.39 is 22.3 Å². The number of hydrogen-bond acceptors (Lipinski definition) is 7. The fraction of sp³-hybridized carbons (Fsp3) is 0.200. The third kappa shape index (κ3) is 4.01. The van der Waals surface area contributed by atoms with Crippen molar-refractivity contribution in [3.63, 3.8) is 0 Å². The van der Waals surface area contributed by atoms with Crippen molar-refractivity contribution >= 4 is 23.4 Å². The van der Waals surface area contributed by atoms with Gasteiger partial charge in [-0.15, -0.1) is 0 Å². The van der Waals surface area contributed by atoms with Crippen LogP contribution in [-0.4, -0.2) is 28.3 Å². The topological polar surface area (TPSA) is 111 Å². The van der Waals surface area contributed by atoms with Crippen LogP contribution < -0.4 is 4.74 Å². The van der Waals surface area contributed by atoms with Crippen LogP contribution in [0.25, 0.3) is 6.08 Å². The molecule has 28 heavy (non-hydrogen) atoms. The number of hydrogen-bond donors (Lipinski definition) is 1. The maximum absolute atomic E-state index is 12.1. The lowest BCUT2D eigenvalue weighted by molar-refractivity contribution is -0.385. The Balaban J connectivity index is 1.89. The summed E-state index contributed by atoms with van der Waals surface area (Å²) in [5.41, 5.74) is 0.652. The van der Waals surface area contributed by atoms with Gasteiger partial charge in [-0.05, 0) is 36.8 Å². The van der Waals surface area contributed by atoms with Crippen LogP contribution in [0, 0.1) is 10.1 Å². The van der Waals surface area contributed by atoms with Crippen LogP contribution in [-0.2, 0) is 9.63 Å². The van der Waals surface area contributed by atoms with Gasteiger partial charge in [0.25, 0.3) is 0 Å². The third-order valence-corrected chi connectivity index (χ3v) is 4.13. The second-order valence-electron chi connectivity index (χ2n) is 6.08. The van der Waals surface area contributed by atoms with E-state index in [1.807, 2.05) is 0 Å². The minimum atomic E-state index is -0.704. The molecule has 2 aromatic rings. The molecule has 0 fully saturated rings. The number of nitro groups is 1. The van der Waals surface area contributed by atoms with Crippen LogP contribution in [0.3, 0.4) is 0 Å². The number of oxime groups is 1. The van der Waals surface area contributed by atoms with Gasteiger partial charge in [-0.25, -0.2) is 4.79 Å². The van der Waals surface area contributed by atoms with Crippen molar-refractivity contribution in [3.05, 3.63) is 69.3 Å². The maximum Gasteiger partial charge on any atom is 0.368 e. The SMILES string of the molecule is CCCCOc1ccc(C2=NOC(=O)C2=Cc2cccc([N+](=O)[O-])c2O)cc1. The normalized spacial score (nSPS) is 14.7. The molecule has 1 N–H and O–H groups in total. The molecule has 0 saturated heterocycles. The Labute approximate surface area is 160 Å². The van der Waals surface area contributed by atoms with Gasteiger partial charge >= 0.3 is 11.7 Å². The summed E-state index contributed by atoms with van der Waals surface area (Å²) in [5, 5.41) is 24.9. The second kappa shape index (κ2) is 8.34. The van der Waals surface area contributed by atoms with Crippen molar-refractivity contribution in [1.29, 1.82) is 0 Å². The van der Waals surface area contributed by atoms with Crippen LogP contribution in [0.5, 0.6) is 11.5 Å². The van der Waals surface area contributed by atoms with E-state index in [4.69, 9.17) is 9.57 Å². The van der Waals surface area contributed by atoms with E-state index in [2.05, 4.69) is 12.1 Å². The average Bonchev–Trinajstić information content (AvgIpc) is 3.04. The molecule has 8 nitrogen and oxygen atoms in total. The highest BCUT2D eigenvalue weighted by Crippen LogP contribution is 2.32. The number of rotatable bonds is 7. The maximum atomic E-state index is 12.1. The van der Waals surface area contributed by atoms with Crippen molar-refractivity contribution < 1.29 is 24.4 Å². The Kier molecular flexibility index (Phi) is 5.69. The number of benzene rings is 2. The Morgan fingerprint density at radius 3 is 2.68 bits per heavy atom. The number of aromatic hydroxyl groups is 1. The van der Waals surface area contributed by atoms with Gasteiger partial charge in [-0.3, -0.25) is 10.1 Å².